The summed E-state index contributed by atoms with van der Waals surface area (Å²) in [6, 6.07) is 0. The van der Waals surface area contributed by atoms with Crippen LogP contribution in [0.25, 0.3) is 0 Å². The quantitative estimate of drug-likeness (QED) is 0.468. The Bertz CT molecular complexity index is 231. The molecule has 66 valence electrons. The SMILES string of the molecule is CCS(=O)(=O)SC(O)C(=O)O. The zero-order chi connectivity index (χ0) is 9.07. The van der Waals surface area contributed by atoms with E-state index in [2.05, 4.69) is 0 Å². The molecular weight excluding hydrogens is 192 g/mol. The summed E-state index contributed by atoms with van der Waals surface area (Å²) in [6.45, 7) is 1.37. The second kappa shape index (κ2) is 3.93. The first kappa shape index (κ1) is 10.7. The van der Waals surface area contributed by atoms with E-state index in [9.17, 15) is 13.2 Å². The van der Waals surface area contributed by atoms with Crippen molar-refractivity contribution in [3.05, 3.63) is 0 Å². The highest BCUT2D eigenvalue weighted by Gasteiger charge is 2.21. The lowest BCUT2D eigenvalue weighted by molar-refractivity contribution is -0.141. The van der Waals surface area contributed by atoms with E-state index in [-0.39, 0.29) is 16.5 Å². The number of aliphatic hydroxyl groups is 1. The first-order valence-corrected chi connectivity index (χ1v) is 5.75. The molecule has 0 aliphatic heterocycles. The zero-order valence-electron chi connectivity index (χ0n) is 5.72. The summed E-state index contributed by atoms with van der Waals surface area (Å²) in [4.78, 5) is 9.96. The molecule has 0 bridgehead atoms. The zero-order valence-corrected chi connectivity index (χ0v) is 7.35. The van der Waals surface area contributed by atoms with Crippen LogP contribution in [0.5, 0.6) is 0 Å². The van der Waals surface area contributed by atoms with Gasteiger partial charge in [0.05, 0.1) is 5.75 Å². The van der Waals surface area contributed by atoms with E-state index in [0.29, 0.717) is 0 Å². The molecular formula is C4H8O5S2. The highest BCUT2D eigenvalue weighted by Crippen LogP contribution is 2.17. The fraction of sp³-hybridized carbons (Fsp3) is 0.750. The Hall–Kier alpha value is -0.270. The number of carbonyl (C=O) groups is 1. The molecule has 5 nitrogen and oxygen atoms in total. The molecule has 0 saturated carbocycles. The fourth-order valence-corrected chi connectivity index (χ4v) is 2.23. The van der Waals surface area contributed by atoms with Crippen LogP contribution in [0, 0.1) is 0 Å². The lowest BCUT2D eigenvalue weighted by Gasteiger charge is -2.02. The molecule has 0 rings (SSSR count). The Morgan fingerprint density at radius 3 is 2.36 bits per heavy atom. The number of aliphatic carboxylic acids is 1. The third kappa shape index (κ3) is 4.23. The summed E-state index contributed by atoms with van der Waals surface area (Å²) in [5, 5.41) is 16.7. The summed E-state index contributed by atoms with van der Waals surface area (Å²) in [5.74, 6) is -1.74. The normalized spacial score (nSPS) is 14.4. The molecule has 0 amide bonds. The van der Waals surface area contributed by atoms with E-state index in [1.807, 2.05) is 0 Å². The fourth-order valence-electron chi connectivity index (χ4n) is 0.248. The van der Waals surface area contributed by atoms with Crippen molar-refractivity contribution in [3.63, 3.8) is 0 Å². The molecule has 0 spiro atoms. The Labute approximate surface area is 67.7 Å². The summed E-state index contributed by atoms with van der Waals surface area (Å²) < 4.78 is 21.3. The Morgan fingerprint density at radius 1 is 1.64 bits per heavy atom. The van der Waals surface area contributed by atoms with Crippen molar-refractivity contribution in [2.45, 2.75) is 12.4 Å². The summed E-state index contributed by atoms with van der Waals surface area (Å²) >= 11 is 0. The van der Waals surface area contributed by atoms with Gasteiger partial charge in [-0.05, 0) is 0 Å². The minimum atomic E-state index is -3.48. The van der Waals surface area contributed by atoms with E-state index < -0.39 is 20.3 Å². The summed E-state index contributed by atoms with van der Waals surface area (Å²) in [5.41, 5.74) is -1.89. The molecule has 0 aliphatic rings. The standard InChI is InChI=1S/C4H8O5S2/c1-2-11(8,9)10-4(7)3(5)6/h4,7H,2H2,1H3,(H,5,6). The van der Waals surface area contributed by atoms with Gasteiger partial charge in [0.25, 0.3) is 0 Å². The highest BCUT2D eigenvalue weighted by molar-refractivity contribution is 8.72. The van der Waals surface area contributed by atoms with E-state index in [1.54, 1.807) is 0 Å². The molecule has 11 heavy (non-hydrogen) atoms. The summed E-state index contributed by atoms with van der Waals surface area (Å²) in [6.07, 6.45) is 0. The number of aliphatic hydroxyl groups excluding tert-OH is 1. The highest BCUT2D eigenvalue weighted by atomic mass is 33.1. The largest absolute Gasteiger partial charge is 0.479 e. The molecule has 0 aliphatic carbocycles. The van der Waals surface area contributed by atoms with Crippen LogP contribution < -0.4 is 0 Å². The van der Waals surface area contributed by atoms with Crippen molar-refractivity contribution >= 4 is 25.6 Å². The Morgan fingerprint density at radius 2 is 2.09 bits per heavy atom. The third-order valence-corrected chi connectivity index (χ3v) is 4.32. The maximum Gasteiger partial charge on any atom is 0.344 e. The van der Waals surface area contributed by atoms with Gasteiger partial charge in [-0.1, -0.05) is 6.92 Å². The van der Waals surface area contributed by atoms with Gasteiger partial charge >= 0.3 is 5.97 Å². The second-order valence-corrected chi connectivity index (χ2v) is 6.07. The molecule has 0 radical (unpaired) electrons. The van der Waals surface area contributed by atoms with Crippen molar-refractivity contribution in [1.82, 2.24) is 0 Å². The molecule has 0 fully saturated rings. The van der Waals surface area contributed by atoms with E-state index in [4.69, 9.17) is 10.2 Å². The predicted molar refractivity (Wildman–Crippen MR) is 40.7 cm³/mol. The van der Waals surface area contributed by atoms with Crippen molar-refractivity contribution in [2.24, 2.45) is 0 Å². The minimum absolute atomic E-state index is 0.0382. The van der Waals surface area contributed by atoms with Crippen molar-refractivity contribution in [3.8, 4) is 0 Å². The first-order valence-electron chi connectivity index (χ1n) is 2.71. The lowest BCUT2D eigenvalue weighted by atomic mass is 10.7. The van der Waals surface area contributed by atoms with Crippen LogP contribution in [-0.4, -0.2) is 35.8 Å². The van der Waals surface area contributed by atoms with Crippen molar-refractivity contribution in [1.29, 1.82) is 0 Å². The number of hydrogen-bond donors (Lipinski definition) is 2. The maximum atomic E-state index is 10.7. The molecule has 0 aromatic rings. The Balaban J connectivity index is 4.16. The van der Waals surface area contributed by atoms with Gasteiger partial charge in [-0.2, -0.15) is 0 Å². The monoisotopic (exact) mass is 200 g/mol. The average molecular weight is 200 g/mol. The van der Waals surface area contributed by atoms with Crippen LogP contribution in [0.15, 0.2) is 0 Å². The Kier molecular flexibility index (Phi) is 3.84. The molecule has 0 aromatic heterocycles. The second-order valence-electron chi connectivity index (χ2n) is 1.63. The number of rotatable bonds is 4. The molecule has 0 aromatic carbocycles. The van der Waals surface area contributed by atoms with Crippen LogP contribution in [0.1, 0.15) is 6.92 Å². The van der Waals surface area contributed by atoms with E-state index in [1.165, 1.54) is 6.92 Å². The van der Waals surface area contributed by atoms with Gasteiger partial charge < -0.3 is 10.2 Å². The molecule has 1 atom stereocenters. The van der Waals surface area contributed by atoms with Crippen LogP contribution in [0.3, 0.4) is 0 Å². The van der Waals surface area contributed by atoms with Crippen molar-refractivity contribution < 1.29 is 23.4 Å². The third-order valence-electron chi connectivity index (χ3n) is 0.803. The maximum absolute atomic E-state index is 10.7. The van der Waals surface area contributed by atoms with Crippen LogP contribution in [0.2, 0.25) is 0 Å². The smallest absolute Gasteiger partial charge is 0.344 e. The first-order chi connectivity index (χ1) is 4.89. The van der Waals surface area contributed by atoms with Gasteiger partial charge in [-0.15, -0.1) is 0 Å². The molecule has 2 N–H and O–H groups in total. The van der Waals surface area contributed by atoms with Gasteiger partial charge in [0.15, 0.2) is 0 Å². The van der Waals surface area contributed by atoms with Crippen LogP contribution in [0.4, 0.5) is 0 Å². The average Bonchev–Trinajstić information content (AvgIpc) is 1.87. The predicted octanol–water partition coefficient (Wildman–Crippen LogP) is -0.528. The molecule has 0 saturated heterocycles. The number of hydrogen-bond acceptors (Lipinski definition) is 5. The van der Waals surface area contributed by atoms with E-state index in [0.717, 1.165) is 0 Å². The molecule has 1 unspecified atom stereocenters. The lowest BCUT2D eigenvalue weighted by Crippen LogP contribution is -2.18. The number of carboxylic acids is 1. The van der Waals surface area contributed by atoms with Gasteiger partial charge in [0, 0.05) is 10.8 Å². The van der Waals surface area contributed by atoms with E-state index >= 15 is 0 Å². The van der Waals surface area contributed by atoms with Crippen LogP contribution in [-0.2, 0) is 13.7 Å². The summed E-state index contributed by atoms with van der Waals surface area (Å²) in [7, 11) is -3.44. The number of carboxylic acid groups (broad SMARTS) is 1. The van der Waals surface area contributed by atoms with Gasteiger partial charge in [0.2, 0.25) is 14.3 Å². The molecule has 7 heteroatoms. The van der Waals surface area contributed by atoms with Gasteiger partial charge in [-0.3, -0.25) is 0 Å². The topological polar surface area (TPSA) is 91.7 Å². The van der Waals surface area contributed by atoms with Gasteiger partial charge in [-0.25, -0.2) is 13.2 Å². The van der Waals surface area contributed by atoms with Gasteiger partial charge in [0.1, 0.15) is 0 Å². The molecule has 0 heterocycles. The van der Waals surface area contributed by atoms with Crippen molar-refractivity contribution in [2.75, 3.05) is 5.75 Å². The van der Waals surface area contributed by atoms with Crippen LogP contribution >= 0.6 is 10.8 Å². The minimum Gasteiger partial charge on any atom is -0.479 e.